The highest BCUT2D eigenvalue weighted by Crippen LogP contribution is 2.71. The number of ether oxygens (including phenoxy) is 3. The Kier molecular flexibility index (Phi) is 7.19. The standard InChI is InChI=1S/C32H42O10/c1-17-14-25(42-27(36)18(17)2)29(6,37)31(38)15-26(41-20(4)34)32(39)23-11-10-21-8-7-9-24(35)28(21,5)22(23)12-13-30(31,32)16-40-19(3)33/h7-8,10,22-23,25-26,37-39H,9,11-16H2,1-6H3/t22-,23+,25+,26-,28-,29?,30-,31+,32-/m0/s1. The van der Waals surface area contributed by atoms with Crippen LogP contribution in [0, 0.1) is 22.7 Å². The van der Waals surface area contributed by atoms with E-state index in [2.05, 4.69) is 0 Å². The summed E-state index contributed by atoms with van der Waals surface area (Å²) in [6, 6.07) is 0. The van der Waals surface area contributed by atoms with Gasteiger partial charge < -0.3 is 29.5 Å². The molecule has 42 heavy (non-hydrogen) atoms. The van der Waals surface area contributed by atoms with Crippen LogP contribution in [0.15, 0.2) is 34.9 Å². The van der Waals surface area contributed by atoms with Gasteiger partial charge in [-0.1, -0.05) is 23.8 Å². The van der Waals surface area contributed by atoms with E-state index in [4.69, 9.17) is 14.2 Å². The molecular weight excluding hydrogens is 544 g/mol. The number of cyclic esters (lactones) is 1. The number of esters is 3. The number of ketones is 1. The SMILES string of the molecule is CC(=O)OC[C@]12CC[C@H]3[C@@H](CC=C4C=CCC(=O)[C@@]43C)[C@]1(O)[C@@H](OC(C)=O)C[C@@]2(O)C(C)(O)[C@H]1CC(C)=C(C)C(=O)O1. The molecule has 9 atom stereocenters. The van der Waals surface area contributed by atoms with Gasteiger partial charge in [-0.15, -0.1) is 0 Å². The van der Waals surface area contributed by atoms with Gasteiger partial charge in [0.05, 0.1) is 10.8 Å². The highest BCUT2D eigenvalue weighted by Gasteiger charge is 2.82. The van der Waals surface area contributed by atoms with E-state index in [1.54, 1.807) is 13.8 Å². The molecule has 10 nitrogen and oxygen atoms in total. The Morgan fingerprint density at radius 1 is 1.14 bits per heavy atom. The summed E-state index contributed by atoms with van der Waals surface area (Å²) in [5, 5.41) is 38.3. The van der Waals surface area contributed by atoms with Gasteiger partial charge in [0.2, 0.25) is 0 Å². The number of hydrogen-bond donors (Lipinski definition) is 3. The van der Waals surface area contributed by atoms with Gasteiger partial charge in [-0.2, -0.15) is 0 Å². The van der Waals surface area contributed by atoms with Crippen molar-refractivity contribution in [2.45, 2.75) is 109 Å². The van der Waals surface area contributed by atoms with Crippen LogP contribution in [0.4, 0.5) is 0 Å². The Morgan fingerprint density at radius 2 is 1.83 bits per heavy atom. The van der Waals surface area contributed by atoms with Gasteiger partial charge in [0.25, 0.3) is 0 Å². The number of carbonyl (C=O) groups excluding carboxylic acids is 4. The van der Waals surface area contributed by atoms with Crippen molar-refractivity contribution in [3.8, 4) is 0 Å². The van der Waals surface area contributed by atoms with Crippen molar-refractivity contribution in [2.75, 3.05) is 6.61 Å². The second-order valence-electron chi connectivity index (χ2n) is 13.4. The molecule has 0 amide bonds. The quantitative estimate of drug-likeness (QED) is 0.323. The van der Waals surface area contributed by atoms with Gasteiger partial charge >= 0.3 is 17.9 Å². The average molecular weight is 587 g/mol. The lowest BCUT2D eigenvalue weighted by Crippen LogP contribution is -2.75. The van der Waals surface area contributed by atoms with Crippen LogP contribution in [0.2, 0.25) is 0 Å². The zero-order chi connectivity index (χ0) is 31.0. The number of fused-ring (bicyclic) bond motifs is 5. The minimum Gasteiger partial charge on any atom is -0.465 e. The molecule has 5 rings (SSSR count). The summed E-state index contributed by atoms with van der Waals surface area (Å²) in [5.74, 6) is -3.05. The summed E-state index contributed by atoms with van der Waals surface area (Å²) in [6.45, 7) is 8.52. The van der Waals surface area contributed by atoms with Crippen LogP contribution in [-0.4, -0.2) is 74.6 Å². The highest BCUT2D eigenvalue weighted by atomic mass is 16.6. The Hall–Kier alpha value is -2.82. The maximum Gasteiger partial charge on any atom is 0.334 e. The number of allylic oxidation sites excluding steroid dienone is 4. The zero-order valence-corrected chi connectivity index (χ0v) is 25.2. The molecule has 1 aliphatic heterocycles. The third-order valence-electron chi connectivity index (χ3n) is 11.6. The molecule has 0 bridgehead atoms. The smallest absolute Gasteiger partial charge is 0.334 e. The highest BCUT2D eigenvalue weighted by molar-refractivity contribution is 5.92. The van der Waals surface area contributed by atoms with E-state index in [9.17, 15) is 34.5 Å². The van der Waals surface area contributed by atoms with E-state index in [1.807, 2.05) is 25.2 Å². The van der Waals surface area contributed by atoms with Crippen LogP contribution in [-0.2, 0) is 33.4 Å². The summed E-state index contributed by atoms with van der Waals surface area (Å²) < 4.78 is 17.0. The fourth-order valence-electron chi connectivity index (χ4n) is 9.00. The Balaban J connectivity index is 1.71. The van der Waals surface area contributed by atoms with Crippen molar-refractivity contribution >= 4 is 23.7 Å². The normalized spacial score (nSPS) is 42.5. The molecule has 230 valence electrons. The number of hydrogen-bond acceptors (Lipinski definition) is 10. The van der Waals surface area contributed by atoms with E-state index in [1.165, 1.54) is 20.8 Å². The first kappa shape index (κ1) is 30.6. The molecule has 0 aromatic heterocycles. The van der Waals surface area contributed by atoms with Crippen molar-refractivity contribution in [3.05, 3.63) is 34.9 Å². The van der Waals surface area contributed by atoms with E-state index in [0.29, 0.717) is 24.0 Å². The summed E-state index contributed by atoms with van der Waals surface area (Å²) in [7, 11) is 0. The summed E-state index contributed by atoms with van der Waals surface area (Å²) in [4.78, 5) is 50.9. The second-order valence-corrected chi connectivity index (χ2v) is 13.4. The van der Waals surface area contributed by atoms with Crippen molar-refractivity contribution in [1.82, 2.24) is 0 Å². The maximum absolute atomic E-state index is 13.5. The number of carbonyl (C=O) groups is 4. The lowest BCUT2D eigenvalue weighted by molar-refractivity contribution is -0.299. The number of rotatable bonds is 5. The molecule has 0 aromatic rings. The molecule has 1 unspecified atom stereocenters. The second kappa shape index (κ2) is 9.86. The van der Waals surface area contributed by atoms with Crippen LogP contribution >= 0.6 is 0 Å². The van der Waals surface area contributed by atoms with Gasteiger partial charge in [0, 0.05) is 38.7 Å². The predicted molar refractivity (Wildman–Crippen MR) is 148 cm³/mol. The van der Waals surface area contributed by atoms with E-state index in [-0.39, 0.29) is 31.0 Å². The maximum atomic E-state index is 13.5. The van der Waals surface area contributed by atoms with E-state index in [0.717, 1.165) is 5.57 Å². The zero-order valence-electron chi connectivity index (χ0n) is 25.2. The van der Waals surface area contributed by atoms with Crippen molar-refractivity contribution in [2.24, 2.45) is 22.7 Å². The third kappa shape index (κ3) is 3.87. The monoisotopic (exact) mass is 586 g/mol. The molecule has 10 heteroatoms. The molecule has 5 aliphatic rings. The molecular formula is C32H42O10. The average Bonchev–Trinajstić information content (AvgIpc) is 3.10. The Bertz CT molecular complexity index is 1320. The summed E-state index contributed by atoms with van der Waals surface area (Å²) in [6.07, 6.45) is 3.84. The molecule has 2 fully saturated rings. The molecule has 0 saturated heterocycles. The first-order valence-corrected chi connectivity index (χ1v) is 14.7. The van der Waals surface area contributed by atoms with Crippen molar-refractivity contribution in [3.63, 3.8) is 0 Å². The van der Waals surface area contributed by atoms with Crippen molar-refractivity contribution < 1.29 is 48.7 Å². The van der Waals surface area contributed by atoms with Crippen LogP contribution in [0.1, 0.15) is 80.1 Å². The van der Waals surface area contributed by atoms with E-state index >= 15 is 0 Å². The topological polar surface area (TPSA) is 157 Å². The molecule has 0 spiro atoms. The summed E-state index contributed by atoms with van der Waals surface area (Å²) >= 11 is 0. The molecule has 3 N–H and O–H groups in total. The fourth-order valence-corrected chi connectivity index (χ4v) is 9.00. The van der Waals surface area contributed by atoms with Crippen LogP contribution in [0.3, 0.4) is 0 Å². The lowest BCUT2D eigenvalue weighted by atomic mass is 9.44. The van der Waals surface area contributed by atoms with E-state index < -0.39 is 76.7 Å². The Morgan fingerprint density at radius 3 is 2.45 bits per heavy atom. The van der Waals surface area contributed by atoms with Crippen molar-refractivity contribution in [1.29, 1.82) is 0 Å². The van der Waals surface area contributed by atoms with Crippen LogP contribution in [0.25, 0.3) is 0 Å². The fraction of sp³-hybridized carbons (Fsp3) is 0.688. The predicted octanol–water partition coefficient (Wildman–Crippen LogP) is 2.63. The van der Waals surface area contributed by atoms with Gasteiger partial charge in [-0.05, 0) is 64.4 Å². The minimum absolute atomic E-state index is 0.0121. The van der Waals surface area contributed by atoms with Crippen LogP contribution in [0.5, 0.6) is 0 Å². The molecule has 1 heterocycles. The molecule has 2 saturated carbocycles. The lowest BCUT2D eigenvalue weighted by Gasteiger charge is -2.63. The molecule has 4 aliphatic carbocycles. The van der Waals surface area contributed by atoms with Gasteiger partial charge in [-0.3, -0.25) is 14.4 Å². The first-order chi connectivity index (χ1) is 19.5. The third-order valence-corrected chi connectivity index (χ3v) is 11.6. The van der Waals surface area contributed by atoms with Crippen LogP contribution < -0.4 is 0 Å². The minimum atomic E-state index is -2.26. The largest absolute Gasteiger partial charge is 0.465 e. The summed E-state index contributed by atoms with van der Waals surface area (Å²) in [5.41, 5.74) is -7.16. The molecule has 0 radical (unpaired) electrons. The number of aliphatic hydroxyl groups is 3. The van der Waals surface area contributed by atoms with Gasteiger partial charge in [0.15, 0.2) is 0 Å². The van der Waals surface area contributed by atoms with Gasteiger partial charge in [0.1, 0.15) is 41.4 Å². The first-order valence-electron chi connectivity index (χ1n) is 14.7. The Labute approximate surface area is 245 Å². The van der Waals surface area contributed by atoms with Gasteiger partial charge in [-0.25, -0.2) is 4.79 Å². The molecule has 0 aromatic carbocycles. The number of Topliss-reactive ketones (excluding diaryl/α,β-unsaturated/α-hetero) is 1.